The van der Waals surface area contributed by atoms with E-state index >= 15 is 0 Å². The van der Waals surface area contributed by atoms with E-state index in [1.165, 1.54) is 0 Å². The van der Waals surface area contributed by atoms with E-state index in [0.717, 1.165) is 18.2 Å². The van der Waals surface area contributed by atoms with E-state index in [1.807, 2.05) is 0 Å². The second-order valence-corrected chi connectivity index (χ2v) is 3.85. The maximum absolute atomic E-state index is 13.5. The van der Waals surface area contributed by atoms with Crippen molar-refractivity contribution >= 4 is 17.7 Å². The van der Waals surface area contributed by atoms with Gasteiger partial charge in [-0.2, -0.15) is 0 Å². The Hall–Kier alpha value is -2.29. The number of halogens is 3. The van der Waals surface area contributed by atoms with Crippen molar-refractivity contribution in [1.29, 1.82) is 0 Å². The molecule has 1 aromatic rings. The Bertz CT molecular complexity index is 511. The van der Waals surface area contributed by atoms with Gasteiger partial charge in [0.2, 0.25) is 0 Å². The molecule has 0 unspecified atom stereocenters. The molecule has 0 saturated carbocycles. The number of aromatic carboxylic acids is 1. The summed E-state index contributed by atoms with van der Waals surface area (Å²) in [6, 6.07) is 2.24. The minimum atomic E-state index is -2.58. The van der Waals surface area contributed by atoms with Gasteiger partial charge in [-0.15, -0.1) is 0 Å². The quantitative estimate of drug-likeness (QED) is 0.672. The molecular weight excluding hydrogens is 293 g/mol. The number of carbonyl (C=O) groups excluding carboxylic acids is 1. The van der Waals surface area contributed by atoms with Crippen LogP contribution in [0.15, 0.2) is 18.2 Å². The highest BCUT2D eigenvalue weighted by Gasteiger charge is 2.10. The monoisotopic (exact) mass is 306 g/mol. The first kappa shape index (κ1) is 16.8. The lowest BCUT2D eigenvalue weighted by atomic mass is 10.2. The van der Waals surface area contributed by atoms with Crippen LogP contribution in [0.2, 0.25) is 0 Å². The van der Waals surface area contributed by atoms with E-state index < -0.39 is 30.8 Å². The van der Waals surface area contributed by atoms with Gasteiger partial charge >= 0.3 is 12.0 Å². The lowest BCUT2D eigenvalue weighted by Gasteiger charge is -2.09. The van der Waals surface area contributed by atoms with Crippen LogP contribution in [-0.4, -0.2) is 43.3 Å². The molecule has 0 spiro atoms. The number of anilines is 1. The Morgan fingerprint density at radius 2 is 2.05 bits per heavy atom. The van der Waals surface area contributed by atoms with Crippen molar-refractivity contribution in [3.63, 3.8) is 0 Å². The second kappa shape index (κ2) is 8.10. The van der Waals surface area contributed by atoms with Gasteiger partial charge in [-0.3, -0.25) is 0 Å². The molecule has 1 rings (SSSR count). The summed E-state index contributed by atoms with van der Waals surface area (Å²) in [5, 5.41) is 13.1. The van der Waals surface area contributed by atoms with Gasteiger partial charge in [0.25, 0.3) is 6.43 Å². The predicted molar refractivity (Wildman–Crippen MR) is 67.2 cm³/mol. The Balaban J connectivity index is 2.39. The van der Waals surface area contributed by atoms with Gasteiger partial charge in [-0.1, -0.05) is 0 Å². The molecule has 116 valence electrons. The summed E-state index contributed by atoms with van der Waals surface area (Å²) in [7, 11) is 0. The Labute approximate surface area is 117 Å². The number of alkyl halides is 2. The fourth-order valence-electron chi connectivity index (χ4n) is 1.33. The highest BCUT2D eigenvalue weighted by molar-refractivity contribution is 5.91. The molecule has 0 radical (unpaired) electrons. The molecule has 2 amide bonds. The Morgan fingerprint density at radius 3 is 2.62 bits per heavy atom. The zero-order valence-corrected chi connectivity index (χ0v) is 10.7. The van der Waals surface area contributed by atoms with Gasteiger partial charge in [0.1, 0.15) is 12.4 Å². The maximum atomic E-state index is 13.5. The molecular formula is C12H13F3N2O4. The number of carboxylic acid groups (broad SMARTS) is 1. The lowest BCUT2D eigenvalue weighted by Crippen LogP contribution is -2.32. The number of carbonyl (C=O) groups is 2. The fraction of sp³-hybridized carbons (Fsp3) is 0.333. The summed E-state index contributed by atoms with van der Waals surface area (Å²) >= 11 is 0. The molecule has 0 aliphatic rings. The topological polar surface area (TPSA) is 87.7 Å². The van der Waals surface area contributed by atoms with Crippen LogP contribution < -0.4 is 10.6 Å². The SMILES string of the molecule is O=C(NCCOCC(F)F)Nc1ccc(C(=O)O)cc1F. The molecule has 21 heavy (non-hydrogen) atoms. The first-order valence-corrected chi connectivity index (χ1v) is 5.83. The average Bonchev–Trinajstić information content (AvgIpc) is 2.40. The van der Waals surface area contributed by atoms with E-state index in [4.69, 9.17) is 5.11 Å². The van der Waals surface area contributed by atoms with Crippen molar-refractivity contribution in [2.24, 2.45) is 0 Å². The van der Waals surface area contributed by atoms with Crippen molar-refractivity contribution in [1.82, 2.24) is 5.32 Å². The molecule has 1 aromatic carbocycles. The number of rotatable bonds is 7. The van der Waals surface area contributed by atoms with Gasteiger partial charge in [0.15, 0.2) is 0 Å². The molecule has 0 aliphatic heterocycles. The van der Waals surface area contributed by atoms with Crippen LogP contribution in [-0.2, 0) is 4.74 Å². The van der Waals surface area contributed by atoms with Crippen molar-refractivity contribution in [3.8, 4) is 0 Å². The van der Waals surface area contributed by atoms with Crippen LogP contribution in [0.3, 0.4) is 0 Å². The molecule has 0 atom stereocenters. The van der Waals surface area contributed by atoms with Gasteiger partial charge in [0.05, 0.1) is 17.9 Å². The van der Waals surface area contributed by atoms with Crippen LogP contribution in [0.5, 0.6) is 0 Å². The fourth-order valence-corrected chi connectivity index (χ4v) is 1.33. The zero-order valence-electron chi connectivity index (χ0n) is 10.7. The van der Waals surface area contributed by atoms with Crippen molar-refractivity contribution in [2.75, 3.05) is 25.1 Å². The Morgan fingerprint density at radius 1 is 1.33 bits per heavy atom. The van der Waals surface area contributed by atoms with Gasteiger partial charge in [0, 0.05) is 6.54 Å². The van der Waals surface area contributed by atoms with Gasteiger partial charge in [-0.05, 0) is 18.2 Å². The largest absolute Gasteiger partial charge is 0.478 e. The molecule has 0 fully saturated rings. The molecule has 0 saturated heterocycles. The van der Waals surface area contributed by atoms with Crippen molar-refractivity contribution in [2.45, 2.75) is 6.43 Å². The summed E-state index contributed by atoms with van der Waals surface area (Å²) in [5.41, 5.74) is -0.454. The number of benzene rings is 1. The third-order valence-corrected chi connectivity index (χ3v) is 2.24. The number of nitrogens with one attached hydrogen (secondary N) is 2. The molecule has 6 nitrogen and oxygen atoms in total. The standard InChI is InChI=1S/C12H13F3N2O4/c13-8-5-7(11(18)19)1-2-9(8)17-12(20)16-3-4-21-6-10(14)15/h1-2,5,10H,3-4,6H2,(H,18,19)(H2,16,17,20). The molecule has 0 heterocycles. The molecule has 3 N–H and O–H groups in total. The maximum Gasteiger partial charge on any atom is 0.335 e. The number of ether oxygens (including phenoxy) is 1. The van der Waals surface area contributed by atoms with E-state index in [9.17, 15) is 22.8 Å². The molecule has 9 heteroatoms. The first-order valence-electron chi connectivity index (χ1n) is 5.83. The normalized spacial score (nSPS) is 10.5. The van der Waals surface area contributed by atoms with Gasteiger partial charge in [-0.25, -0.2) is 22.8 Å². The van der Waals surface area contributed by atoms with E-state index in [1.54, 1.807) is 0 Å². The predicted octanol–water partition coefficient (Wildman–Crippen LogP) is 1.93. The third-order valence-electron chi connectivity index (χ3n) is 2.24. The number of amides is 2. The number of urea groups is 1. The highest BCUT2D eigenvalue weighted by Crippen LogP contribution is 2.15. The van der Waals surface area contributed by atoms with Crippen LogP contribution in [0.25, 0.3) is 0 Å². The minimum Gasteiger partial charge on any atom is -0.478 e. The molecule has 0 bridgehead atoms. The lowest BCUT2D eigenvalue weighted by molar-refractivity contribution is 0.0194. The smallest absolute Gasteiger partial charge is 0.335 e. The summed E-state index contributed by atoms with van der Waals surface area (Å²) in [5.74, 6) is -2.19. The van der Waals surface area contributed by atoms with Crippen LogP contribution in [0, 0.1) is 5.82 Å². The number of hydrogen-bond donors (Lipinski definition) is 3. The second-order valence-electron chi connectivity index (χ2n) is 3.85. The van der Waals surface area contributed by atoms with Crippen molar-refractivity contribution in [3.05, 3.63) is 29.6 Å². The van der Waals surface area contributed by atoms with E-state index in [-0.39, 0.29) is 24.4 Å². The van der Waals surface area contributed by atoms with E-state index in [0.29, 0.717) is 0 Å². The average molecular weight is 306 g/mol. The molecule has 0 aromatic heterocycles. The summed E-state index contributed by atoms with van der Waals surface area (Å²) in [6.45, 7) is -0.875. The first-order chi connectivity index (χ1) is 9.90. The Kier molecular flexibility index (Phi) is 6.47. The number of hydrogen-bond acceptors (Lipinski definition) is 3. The van der Waals surface area contributed by atoms with E-state index in [2.05, 4.69) is 15.4 Å². The third kappa shape index (κ3) is 6.13. The summed E-state index contributed by atoms with van der Waals surface area (Å²) in [4.78, 5) is 22.0. The summed E-state index contributed by atoms with van der Waals surface area (Å²) < 4.78 is 41.5. The van der Waals surface area contributed by atoms with Gasteiger partial charge < -0.3 is 20.5 Å². The zero-order chi connectivity index (χ0) is 15.8. The molecule has 0 aliphatic carbocycles. The minimum absolute atomic E-state index is 0.0343. The van der Waals surface area contributed by atoms with Crippen LogP contribution in [0.1, 0.15) is 10.4 Å². The van der Waals surface area contributed by atoms with Crippen molar-refractivity contribution < 1.29 is 32.6 Å². The van der Waals surface area contributed by atoms with Crippen LogP contribution in [0.4, 0.5) is 23.7 Å². The number of carboxylic acids is 1. The highest BCUT2D eigenvalue weighted by atomic mass is 19.3. The summed E-state index contributed by atoms with van der Waals surface area (Å²) in [6.07, 6.45) is -2.58. The van der Waals surface area contributed by atoms with Crippen LogP contribution >= 0.6 is 0 Å².